The molecule has 2 rings (SSSR count). The molecule has 3 nitrogen and oxygen atoms in total. The molecule has 2 heterocycles. The lowest BCUT2D eigenvalue weighted by Gasteiger charge is -1.94. The molecule has 60 valence electrons. The highest BCUT2D eigenvalue weighted by Gasteiger charge is 1.95. The third-order valence-electron chi connectivity index (χ3n) is 1.67. The lowest BCUT2D eigenvalue weighted by Crippen LogP contribution is -1.88. The van der Waals surface area contributed by atoms with Gasteiger partial charge in [-0.1, -0.05) is 6.07 Å². The van der Waals surface area contributed by atoms with Crippen molar-refractivity contribution in [3.05, 3.63) is 48.0 Å². The van der Waals surface area contributed by atoms with Crippen LogP contribution in [0.15, 0.2) is 36.8 Å². The minimum atomic E-state index is 0.845. The van der Waals surface area contributed by atoms with E-state index in [2.05, 4.69) is 15.2 Å². The number of nitrogens with zero attached hydrogens (tertiary/aromatic N) is 2. The molecule has 2 aromatic rings. The maximum absolute atomic E-state index is 4.21. The van der Waals surface area contributed by atoms with Crippen LogP contribution in [0.5, 0.6) is 0 Å². The molecule has 12 heavy (non-hydrogen) atoms. The number of rotatable bonds is 2. The van der Waals surface area contributed by atoms with Gasteiger partial charge in [0.25, 0.3) is 0 Å². The predicted octanol–water partition coefficient (Wildman–Crippen LogP) is 1.40. The van der Waals surface area contributed by atoms with E-state index >= 15 is 0 Å². The molecule has 0 saturated carbocycles. The van der Waals surface area contributed by atoms with Gasteiger partial charge in [0, 0.05) is 24.5 Å². The Balaban J connectivity index is 2.15. The zero-order valence-electron chi connectivity index (χ0n) is 6.57. The van der Waals surface area contributed by atoms with E-state index in [1.54, 1.807) is 6.20 Å². The van der Waals surface area contributed by atoms with Gasteiger partial charge in [-0.15, -0.1) is 0 Å². The van der Waals surface area contributed by atoms with Gasteiger partial charge in [-0.3, -0.25) is 10.1 Å². The number of aromatic amines is 1. The molecule has 0 atom stereocenters. The van der Waals surface area contributed by atoms with Gasteiger partial charge in [-0.05, 0) is 17.7 Å². The highest BCUT2D eigenvalue weighted by molar-refractivity contribution is 5.15. The average molecular weight is 159 g/mol. The van der Waals surface area contributed by atoms with E-state index in [0.717, 1.165) is 17.7 Å². The topological polar surface area (TPSA) is 41.6 Å². The van der Waals surface area contributed by atoms with Crippen molar-refractivity contribution in [2.24, 2.45) is 0 Å². The second-order valence-electron chi connectivity index (χ2n) is 2.60. The number of aromatic nitrogens is 3. The smallest absolute Gasteiger partial charge is 0.0523 e. The molecule has 0 unspecified atom stereocenters. The molecule has 0 radical (unpaired) electrons. The predicted molar refractivity (Wildman–Crippen MR) is 45.6 cm³/mol. The van der Waals surface area contributed by atoms with Crippen molar-refractivity contribution in [3.8, 4) is 0 Å². The van der Waals surface area contributed by atoms with Crippen molar-refractivity contribution >= 4 is 0 Å². The third-order valence-corrected chi connectivity index (χ3v) is 1.67. The van der Waals surface area contributed by atoms with Gasteiger partial charge >= 0.3 is 0 Å². The Morgan fingerprint density at radius 3 is 3.00 bits per heavy atom. The molecule has 0 amide bonds. The lowest BCUT2D eigenvalue weighted by molar-refractivity contribution is 1.08. The van der Waals surface area contributed by atoms with Crippen LogP contribution in [0.1, 0.15) is 11.3 Å². The van der Waals surface area contributed by atoms with Crippen LogP contribution >= 0.6 is 0 Å². The van der Waals surface area contributed by atoms with Crippen molar-refractivity contribution in [1.82, 2.24) is 15.2 Å². The van der Waals surface area contributed by atoms with Crippen LogP contribution in [0.4, 0.5) is 0 Å². The van der Waals surface area contributed by atoms with Crippen molar-refractivity contribution in [2.75, 3.05) is 0 Å². The SMILES string of the molecule is c1ccc(Cc2cn[nH]c2)nc1. The van der Waals surface area contributed by atoms with Gasteiger partial charge in [0.15, 0.2) is 0 Å². The summed E-state index contributed by atoms with van der Waals surface area (Å²) < 4.78 is 0. The Hall–Kier alpha value is -1.64. The van der Waals surface area contributed by atoms with Crippen molar-refractivity contribution in [3.63, 3.8) is 0 Å². The maximum atomic E-state index is 4.21. The fourth-order valence-electron chi connectivity index (χ4n) is 1.09. The molecule has 0 aliphatic rings. The zero-order valence-corrected chi connectivity index (χ0v) is 6.57. The summed E-state index contributed by atoms with van der Waals surface area (Å²) in [5.41, 5.74) is 2.23. The molecule has 2 aromatic heterocycles. The van der Waals surface area contributed by atoms with E-state index < -0.39 is 0 Å². The molecular weight excluding hydrogens is 150 g/mol. The van der Waals surface area contributed by atoms with Crippen LogP contribution in [0, 0.1) is 0 Å². The molecule has 0 spiro atoms. The number of hydrogen-bond acceptors (Lipinski definition) is 2. The van der Waals surface area contributed by atoms with Crippen LogP contribution < -0.4 is 0 Å². The summed E-state index contributed by atoms with van der Waals surface area (Å²) in [7, 11) is 0. The van der Waals surface area contributed by atoms with E-state index in [0.29, 0.717) is 0 Å². The highest BCUT2D eigenvalue weighted by Crippen LogP contribution is 2.03. The highest BCUT2D eigenvalue weighted by atomic mass is 15.1. The Morgan fingerprint density at radius 1 is 1.33 bits per heavy atom. The molecule has 1 N–H and O–H groups in total. The fourth-order valence-corrected chi connectivity index (χ4v) is 1.09. The van der Waals surface area contributed by atoms with Gasteiger partial charge in [-0.25, -0.2) is 0 Å². The second kappa shape index (κ2) is 3.17. The van der Waals surface area contributed by atoms with Gasteiger partial charge in [0.05, 0.1) is 6.20 Å². The number of nitrogens with one attached hydrogen (secondary N) is 1. The summed E-state index contributed by atoms with van der Waals surface area (Å²) in [6.45, 7) is 0. The molecule has 0 fully saturated rings. The summed E-state index contributed by atoms with van der Waals surface area (Å²) in [4.78, 5) is 4.21. The Morgan fingerprint density at radius 2 is 2.33 bits per heavy atom. The fraction of sp³-hybridized carbons (Fsp3) is 0.111. The monoisotopic (exact) mass is 159 g/mol. The summed E-state index contributed by atoms with van der Waals surface area (Å²) in [5.74, 6) is 0. The largest absolute Gasteiger partial charge is 0.285 e. The Bertz CT molecular complexity index is 326. The van der Waals surface area contributed by atoms with Crippen LogP contribution in [-0.2, 0) is 6.42 Å². The molecule has 0 aromatic carbocycles. The maximum Gasteiger partial charge on any atom is 0.0523 e. The quantitative estimate of drug-likeness (QED) is 0.719. The van der Waals surface area contributed by atoms with E-state index in [1.165, 1.54) is 0 Å². The van der Waals surface area contributed by atoms with Crippen LogP contribution in [0.2, 0.25) is 0 Å². The van der Waals surface area contributed by atoms with Crippen LogP contribution in [-0.4, -0.2) is 15.2 Å². The normalized spacial score (nSPS) is 10.0. The molecular formula is C9H9N3. The molecule has 0 aliphatic carbocycles. The second-order valence-corrected chi connectivity index (χ2v) is 2.60. The first-order chi connectivity index (χ1) is 5.95. The standard InChI is InChI=1S/C9H9N3/c1-2-4-10-9(3-1)5-8-6-11-12-7-8/h1-4,6-7H,5H2,(H,11,12). The number of pyridine rings is 1. The first-order valence-corrected chi connectivity index (χ1v) is 3.83. The van der Waals surface area contributed by atoms with Crippen molar-refractivity contribution < 1.29 is 0 Å². The molecule has 3 heteroatoms. The minimum Gasteiger partial charge on any atom is -0.285 e. The third kappa shape index (κ3) is 1.50. The van der Waals surface area contributed by atoms with Gasteiger partial charge < -0.3 is 0 Å². The Kier molecular flexibility index (Phi) is 1.86. The first kappa shape index (κ1) is 7.03. The minimum absolute atomic E-state index is 0.845. The summed E-state index contributed by atoms with van der Waals surface area (Å²) >= 11 is 0. The van der Waals surface area contributed by atoms with Crippen LogP contribution in [0.3, 0.4) is 0 Å². The Labute approximate surface area is 70.5 Å². The van der Waals surface area contributed by atoms with Crippen molar-refractivity contribution in [1.29, 1.82) is 0 Å². The average Bonchev–Trinajstić information content (AvgIpc) is 2.59. The number of hydrogen-bond donors (Lipinski definition) is 1. The first-order valence-electron chi connectivity index (χ1n) is 3.83. The summed E-state index contributed by atoms with van der Waals surface area (Å²) in [5, 5.41) is 6.64. The zero-order chi connectivity index (χ0) is 8.23. The molecule has 0 aliphatic heterocycles. The lowest BCUT2D eigenvalue weighted by atomic mass is 10.2. The van der Waals surface area contributed by atoms with Gasteiger partial charge in [0.2, 0.25) is 0 Å². The summed E-state index contributed by atoms with van der Waals surface area (Å²) in [6.07, 6.45) is 6.34. The molecule has 0 bridgehead atoms. The van der Waals surface area contributed by atoms with E-state index in [-0.39, 0.29) is 0 Å². The van der Waals surface area contributed by atoms with E-state index in [9.17, 15) is 0 Å². The molecule has 0 saturated heterocycles. The van der Waals surface area contributed by atoms with Crippen molar-refractivity contribution in [2.45, 2.75) is 6.42 Å². The van der Waals surface area contributed by atoms with Gasteiger partial charge in [0.1, 0.15) is 0 Å². The van der Waals surface area contributed by atoms with E-state index in [1.807, 2.05) is 30.6 Å². The summed E-state index contributed by atoms with van der Waals surface area (Å²) in [6, 6.07) is 5.91. The number of H-pyrrole nitrogens is 1. The van der Waals surface area contributed by atoms with Crippen LogP contribution in [0.25, 0.3) is 0 Å². The van der Waals surface area contributed by atoms with E-state index in [4.69, 9.17) is 0 Å². The van der Waals surface area contributed by atoms with Gasteiger partial charge in [-0.2, -0.15) is 5.10 Å².